The van der Waals surface area contributed by atoms with Gasteiger partial charge in [-0.2, -0.15) is 15.1 Å². The summed E-state index contributed by atoms with van der Waals surface area (Å²) < 4.78 is 26.5. The van der Waals surface area contributed by atoms with Crippen LogP contribution >= 0.6 is 11.3 Å². The fraction of sp³-hybridized carbons (Fsp3) is 0.444. The summed E-state index contributed by atoms with van der Waals surface area (Å²) in [7, 11) is 3.04. The third-order valence-corrected chi connectivity index (χ3v) is 8.15. The molecular formula is C27H32FN7O6S. The molecule has 1 amide bonds. The minimum atomic E-state index is -0.476. The summed E-state index contributed by atoms with van der Waals surface area (Å²) in [5.41, 5.74) is 0.392. The lowest BCUT2D eigenvalue weighted by Crippen LogP contribution is -2.43. The summed E-state index contributed by atoms with van der Waals surface area (Å²) in [6.45, 7) is 3.69. The van der Waals surface area contributed by atoms with Gasteiger partial charge in [0, 0.05) is 45.3 Å². The van der Waals surface area contributed by atoms with E-state index < -0.39 is 17.1 Å². The average Bonchev–Trinajstić information content (AvgIpc) is 3.73. The summed E-state index contributed by atoms with van der Waals surface area (Å²) in [6.07, 6.45) is 4.65. The third-order valence-electron chi connectivity index (χ3n) is 6.87. The largest absolute Gasteiger partial charge is 0.496 e. The molecule has 0 bridgehead atoms. The van der Waals surface area contributed by atoms with Crippen LogP contribution in [-0.2, 0) is 29.0 Å². The van der Waals surface area contributed by atoms with Gasteiger partial charge in [0.15, 0.2) is 0 Å². The number of likely N-dealkylation sites (tertiary alicyclic amines) is 1. The van der Waals surface area contributed by atoms with Gasteiger partial charge in [-0.3, -0.25) is 18.7 Å². The SMILES string of the molecule is COCCN=O.COc1ccc(F)cc1CCn1c(=O)n(CCN2CCCC2=O)c(=O)c2c(C)c(-n3nccn3)sc21. The molecule has 3 aromatic heterocycles. The topological polar surface area (TPSA) is 143 Å². The Morgan fingerprint density at radius 3 is 2.45 bits per heavy atom. The van der Waals surface area contributed by atoms with Crippen molar-refractivity contribution in [2.45, 2.75) is 39.3 Å². The second-order valence-corrected chi connectivity index (χ2v) is 10.4. The number of aromatic nitrogens is 5. The highest BCUT2D eigenvalue weighted by atomic mass is 32.1. The number of aryl methyl sites for hydroxylation is 3. The number of benzene rings is 1. The molecule has 5 rings (SSSR count). The number of hydrogen-bond donors (Lipinski definition) is 0. The Bertz CT molecular complexity index is 1660. The van der Waals surface area contributed by atoms with Crippen molar-refractivity contribution >= 4 is 27.5 Å². The minimum Gasteiger partial charge on any atom is -0.496 e. The van der Waals surface area contributed by atoms with Gasteiger partial charge in [-0.25, -0.2) is 9.18 Å². The molecule has 224 valence electrons. The molecule has 0 unspecified atom stereocenters. The Hall–Kier alpha value is -4.24. The number of carbonyl (C=O) groups excluding carboxylic acids is 1. The van der Waals surface area contributed by atoms with Gasteiger partial charge in [0.2, 0.25) is 5.91 Å². The van der Waals surface area contributed by atoms with E-state index in [1.807, 2.05) is 0 Å². The number of thiophene rings is 1. The van der Waals surface area contributed by atoms with Gasteiger partial charge < -0.3 is 14.4 Å². The van der Waals surface area contributed by atoms with Gasteiger partial charge >= 0.3 is 5.69 Å². The summed E-state index contributed by atoms with van der Waals surface area (Å²) >= 11 is 1.26. The van der Waals surface area contributed by atoms with Crippen LogP contribution < -0.4 is 16.0 Å². The first-order valence-corrected chi connectivity index (χ1v) is 14.1. The summed E-state index contributed by atoms with van der Waals surface area (Å²) in [4.78, 5) is 52.1. The molecule has 1 fully saturated rings. The van der Waals surface area contributed by atoms with Gasteiger partial charge in [0.1, 0.15) is 27.9 Å². The fourth-order valence-corrected chi connectivity index (χ4v) is 5.99. The smallest absolute Gasteiger partial charge is 0.332 e. The number of halogens is 1. The number of hydrogen-bond acceptors (Lipinski definition) is 10. The van der Waals surface area contributed by atoms with Gasteiger partial charge in [0.05, 0.1) is 31.5 Å². The van der Waals surface area contributed by atoms with E-state index in [1.165, 1.54) is 51.6 Å². The van der Waals surface area contributed by atoms with Gasteiger partial charge in [-0.1, -0.05) is 16.5 Å². The first-order valence-electron chi connectivity index (χ1n) is 13.3. The lowest BCUT2D eigenvalue weighted by atomic mass is 10.1. The Labute approximate surface area is 244 Å². The molecule has 1 saturated heterocycles. The molecule has 1 aliphatic rings. The number of fused-ring (bicyclic) bond motifs is 1. The highest BCUT2D eigenvalue weighted by Gasteiger charge is 2.24. The quantitative estimate of drug-likeness (QED) is 0.189. The van der Waals surface area contributed by atoms with Crippen LogP contribution in [0.5, 0.6) is 5.75 Å². The molecular weight excluding hydrogens is 569 g/mol. The molecule has 0 spiro atoms. The van der Waals surface area contributed by atoms with Crippen molar-refractivity contribution in [3.05, 3.63) is 73.3 Å². The van der Waals surface area contributed by atoms with E-state index in [9.17, 15) is 23.7 Å². The van der Waals surface area contributed by atoms with Crippen molar-refractivity contribution in [2.24, 2.45) is 5.18 Å². The zero-order valence-electron chi connectivity index (χ0n) is 23.6. The predicted molar refractivity (Wildman–Crippen MR) is 155 cm³/mol. The minimum absolute atomic E-state index is 0.0291. The maximum absolute atomic E-state index is 13.9. The molecule has 1 aromatic carbocycles. The third kappa shape index (κ3) is 6.62. The zero-order valence-corrected chi connectivity index (χ0v) is 24.4. The summed E-state index contributed by atoms with van der Waals surface area (Å²) in [5.74, 6) is 0.148. The highest BCUT2D eigenvalue weighted by molar-refractivity contribution is 7.21. The molecule has 42 heavy (non-hydrogen) atoms. The second kappa shape index (κ2) is 14.1. The van der Waals surface area contributed by atoms with Crippen LogP contribution in [0.4, 0.5) is 4.39 Å². The van der Waals surface area contributed by atoms with Crippen LogP contribution in [0, 0.1) is 17.6 Å². The van der Waals surface area contributed by atoms with Crippen molar-refractivity contribution in [3.63, 3.8) is 0 Å². The van der Waals surface area contributed by atoms with Crippen LogP contribution in [0.25, 0.3) is 15.2 Å². The van der Waals surface area contributed by atoms with Crippen molar-refractivity contribution < 1.29 is 18.7 Å². The van der Waals surface area contributed by atoms with Crippen LogP contribution in [0.1, 0.15) is 24.0 Å². The molecule has 0 N–H and O–H groups in total. The lowest BCUT2D eigenvalue weighted by molar-refractivity contribution is -0.127. The predicted octanol–water partition coefficient (Wildman–Crippen LogP) is 2.53. The Kier molecular flexibility index (Phi) is 10.3. The van der Waals surface area contributed by atoms with E-state index in [0.29, 0.717) is 58.1 Å². The monoisotopic (exact) mass is 601 g/mol. The number of amides is 1. The van der Waals surface area contributed by atoms with Crippen molar-refractivity contribution in [3.8, 4) is 10.8 Å². The average molecular weight is 602 g/mol. The number of methoxy groups -OCH3 is 2. The molecule has 15 heteroatoms. The normalized spacial score (nSPS) is 13.0. The molecule has 13 nitrogen and oxygen atoms in total. The van der Waals surface area contributed by atoms with E-state index in [2.05, 4.69) is 20.1 Å². The lowest BCUT2D eigenvalue weighted by Gasteiger charge is -2.17. The van der Waals surface area contributed by atoms with Gasteiger partial charge in [-0.05, 0) is 43.5 Å². The van der Waals surface area contributed by atoms with Crippen molar-refractivity contribution in [1.29, 1.82) is 0 Å². The fourth-order valence-electron chi connectivity index (χ4n) is 4.75. The van der Waals surface area contributed by atoms with Crippen LogP contribution in [-0.4, -0.2) is 75.4 Å². The molecule has 4 heterocycles. The van der Waals surface area contributed by atoms with Crippen LogP contribution in [0.15, 0.2) is 45.4 Å². The summed E-state index contributed by atoms with van der Waals surface area (Å²) in [6, 6.07) is 4.25. The van der Waals surface area contributed by atoms with E-state index in [0.717, 1.165) is 6.42 Å². The Balaban J connectivity index is 0.000000612. The van der Waals surface area contributed by atoms with Gasteiger partial charge in [0.25, 0.3) is 5.56 Å². The number of carbonyl (C=O) groups is 1. The highest BCUT2D eigenvalue weighted by Crippen LogP contribution is 2.30. The van der Waals surface area contributed by atoms with E-state index in [4.69, 9.17) is 4.74 Å². The maximum atomic E-state index is 13.9. The molecule has 0 radical (unpaired) electrons. The molecule has 1 aliphatic heterocycles. The Morgan fingerprint density at radius 1 is 1.07 bits per heavy atom. The zero-order chi connectivity index (χ0) is 30.2. The van der Waals surface area contributed by atoms with Gasteiger partial charge in [-0.15, -0.1) is 4.80 Å². The van der Waals surface area contributed by atoms with E-state index >= 15 is 0 Å². The summed E-state index contributed by atoms with van der Waals surface area (Å²) in [5, 5.41) is 12.0. The number of nitroso groups, excluding NO2 is 1. The molecule has 0 atom stereocenters. The molecule has 4 aromatic rings. The number of nitrogens with zero attached hydrogens (tertiary/aromatic N) is 7. The van der Waals surface area contributed by atoms with E-state index in [-0.39, 0.29) is 32.1 Å². The number of ether oxygens (including phenoxy) is 2. The Morgan fingerprint density at radius 2 is 1.83 bits per heavy atom. The first-order chi connectivity index (χ1) is 20.3. The molecule has 0 aliphatic carbocycles. The number of rotatable bonds is 11. The first kappa shape index (κ1) is 30.7. The van der Waals surface area contributed by atoms with Crippen molar-refractivity contribution in [2.75, 3.05) is 40.5 Å². The second-order valence-electron chi connectivity index (χ2n) is 9.46. The van der Waals surface area contributed by atoms with E-state index in [1.54, 1.807) is 30.3 Å². The van der Waals surface area contributed by atoms with Crippen LogP contribution in [0.3, 0.4) is 0 Å². The van der Waals surface area contributed by atoms with Crippen LogP contribution in [0.2, 0.25) is 0 Å². The maximum Gasteiger partial charge on any atom is 0.332 e. The standard InChI is InChI=1S/C24H25FN6O4S.C3H7NO2/c1-15-20-21(33)29(13-12-28-10-3-4-19(28)32)24(34)30(23(20)36-22(15)31-26-8-9-27-31)11-7-16-14-17(25)5-6-18(16)35-2;1-6-3-2-4-5/h5-6,8-9,14H,3-4,7,10-13H2,1-2H3;2-3H2,1H3. The molecule has 0 saturated carbocycles. The van der Waals surface area contributed by atoms with Crippen molar-refractivity contribution in [1.82, 2.24) is 29.0 Å².